The molecule has 2 aliphatic heterocycles. The Bertz CT molecular complexity index is 705. The van der Waals surface area contributed by atoms with E-state index in [9.17, 15) is 9.90 Å². The third-order valence-electron chi connectivity index (χ3n) is 6.28. The second-order valence-electron chi connectivity index (χ2n) is 9.29. The van der Waals surface area contributed by atoms with Crippen molar-refractivity contribution in [1.29, 1.82) is 0 Å². The van der Waals surface area contributed by atoms with Gasteiger partial charge < -0.3 is 14.7 Å². The maximum absolute atomic E-state index is 13.3. The van der Waals surface area contributed by atoms with Crippen LogP contribution in [0.1, 0.15) is 58.9 Å². The predicted octanol–water partition coefficient (Wildman–Crippen LogP) is 3.27. The number of amides is 1. The molecule has 3 atom stereocenters. The molecule has 1 saturated heterocycles. The van der Waals surface area contributed by atoms with Crippen LogP contribution in [0.15, 0.2) is 24.3 Å². The van der Waals surface area contributed by atoms with Crippen LogP contribution in [0.5, 0.6) is 5.75 Å². The summed E-state index contributed by atoms with van der Waals surface area (Å²) in [4.78, 5) is 15.3. The van der Waals surface area contributed by atoms with Gasteiger partial charge in [0.1, 0.15) is 11.4 Å². The van der Waals surface area contributed by atoms with Crippen LogP contribution in [0.3, 0.4) is 0 Å². The molecule has 2 fully saturated rings. The summed E-state index contributed by atoms with van der Waals surface area (Å²) in [6, 6.07) is 8.11. The van der Waals surface area contributed by atoms with Crippen molar-refractivity contribution >= 4 is 5.91 Å². The van der Waals surface area contributed by atoms with E-state index >= 15 is 0 Å². The van der Waals surface area contributed by atoms with Crippen LogP contribution < -0.4 is 4.74 Å². The fourth-order valence-electron chi connectivity index (χ4n) is 5.24. The zero-order valence-corrected chi connectivity index (χ0v) is 15.7. The van der Waals surface area contributed by atoms with Gasteiger partial charge in [0.25, 0.3) is 0 Å². The number of aliphatic hydroxyl groups is 1. The molecule has 0 aromatic heterocycles. The molecule has 0 unspecified atom stereocenters. The molecule has 3 aliphatic rings. The van der Waals surface area contributed by atoms with Gasteiger partial charge in [-0.2, -0.15) is 0 Å². The molecule has 0 bridgehead atoms. The highest BCUT2D eigenvalue weighted by Gasteiger charge is 2.65. The maximum atomic E-state index is 13.3. The van der Waals surface area contributed by atoms with E-state index in [1.165, 1.54) is 5.56 Å². The summed E-state index contributed by atoms with van der Waals surface area (Å²) in [7, 11) is 0. The number of nitrogens with zero attached hydrogens (tertiary/aromatic N) is 1. The van der Waals surface area contributed by atoms with Crippen molar-refractivity contribution in [2.75, 3.05) is 6.54 Å². The standard InChI is InChI=1S/C21H29NO3/c1-19(2)13-21(14-8-5-6-9-16(14)25-19)12-15(21)18(23)22-11-7-10-17(22)20(3,4)24/h5-6,8-9,15,17,24H,7,10-13H2,1-4H3/t15-,17+,21+/m1/s1. The normalized spacial score (nSPS) is 33.1. The summed E-state index contributed by atoms with van der Waals surface area (Å²) >= 11 is 0. The van der Waals surface area contributed by atoms with Crippen molar-refractivity contribution in [2.45, 2.75) is 76.0 Å². The second kappa shape index (κ2) is 5.23. The summed E-state index contributed by atoms with van der Waals surface area (Å²) in [5.41, 5.74) is -0.0144. The molecule has 1 N–H and O–H groups in total. The summed E-state index contributed by atoms with van der Waals surface area (Å²) < 4.78 is 6.16. The van der Waals surface area contributed by atoms with E-state index in [2.05, 4.69) is 19.9 Å². The molecule has 136 valence electrons. The molecule has 4 nitrogen and oxygen atoms in total. The van der Waals surface area contributed by atoms with Crippen LogP contribution in [0, 0.1) is 5.92 Å². The Hall–Kier alpha value is -1.55. The number of ether oxygens (including phenoxy) is 1. The molecule has 2 heterocycles. The van der Waals surface area contributed by atoms with Crippen LogP contribution in [-0.2, 0) is 10.2 Å². The molecular formula is C21H29NO3. The van der Waals surface area contributed by atoms with Gasteiger partial charge in [-0.05, 0) is 59.4 Å². The van der Waals surface area contributed by atoms with Crippen molar-refractivity contribution in [2.24, 2.45) is 5.92 Å². The number of fused-ring (bicyclic) bond motifs is 2. The fraction of sp³-hybridized carbons (Fsp3) is 0.667. The van der Waals surface area contributed by atoms with E-state index < -0.39 is 5.60 Å². The van der Waals surface area contributed by atoms with E-state index in [0.717, 1.165) is 38.0 Å². The van der Waals surface area contributed by atoms with Gasteiger partial charge in [-0.25, -0.2) is 0 Å². The highest BCUT2D eigenvalue weighted by atomic mass is 16.5. The first-order valence-corrected chi connectivity index (χ1v) is 9.45. The second-order valence-corrected chi connectivity index (χ2v) is 9.29. The Morgan fingerprint density at radius 3 is 2.76 bits per heavy atom. The largest absolute Gasteiger partial charge is 0.488 e. The topological polar surface area (TPSA) is 49.8 Å². The molecule has 4 heteroatoms. The molecule has 0 radical (unpaired) electrons. The summed E-state index contributed by atoms with van der Waals surface area (Å²) in [5.74, 6) is 1.16. The van der Waals surface area contributed by atoms with Crippen LogP contribution in [0.2, 0.25) is 0 Å². The van der Waals surface area contributed by atoms with E-state index in [4.69, 9.17) is 4.74 Å². The number of para-hydroxylation sites is 1. The molecule has 1 spiro atoms. The molecule has 1 amide bonds. The minimum absolute atomic E-state index is 0.0137. The molecule has 1 saturated carbocycles. The predicted molar refractivity (Wildman–Crippen MR) is 96.6 cm³/mol. The number of benzene rings is 1. The van der Waals surface area contributed by atoms with Crippen molar-refractivity contribution in [1.82, 2.24) is 4.90 Å². The first-order valence-electron chi connectivity index (χ1n) is 9.45. The molecule has 4 rings (SSSR count). The van der Waals surface area contributed by atoms with E-state index in [1.807, 2.05) is 36.9 Å². The number of hydrogen-bond acceptors (Lipinski definition) is 3. The lowest BCUT2D eigenvalue weighted by molar-refractivity contribution is -0.138. The quantitative estimate of drug-likeness (QED) is 0.897. The highest BCUT2D eigenvalue weighted by Crippen LogP contribution is 2.64. The number of likely N-dealkylation sites (tertiary alicyclic amines) is 1. The van der Waals surface area contributed by atoms with Crippen molar-refractivity contribution in [3.05, 3.63) is 29.8 Å². The zero-order valence-electron chi connectivity index (χ0n) is 15.7. The Morgan fingerprint density at radius 1 is 1.32 bits per heavy atom. The minimum Gasteiger partial charge on any atom is -0.488 e. The lowest BCUT2D eigenvalue weighted by Gasteiger charge is -2.39. The van der Waals surface area contributed by atoms with Crippen molar-refractivity contribution in [3.8, 4) is 5.75 Å². The van der Waals surface area contributed by atoms with Gasteiger partial charge in [0.05, 0.1) is 11.6 Å². The van der Waals surface area contributed by atoms with Crippen LogP contribution in [0.4, 0.5) is 0 Å². The van der Waals surface area contributed by atoms with Gasteiger partial charge >= 0.3 is 0 Å². The molecule has 1 aliphatic carbocycles. The summed E-state index contributed by atoms with van der Waals surface area (Å²) in [5, 5.41) is 10.5. The Morgan fingerprint density at radius 2 is 2.04 bits per heavy atom. The van der Waals surface area contributed by atoms with Crippen molar-refractivity contribution in [3.63, 3.8) is 0 Å². The monoisotopic (exact) mass is 343 g/mol. The first-order chi connectivity index (χ1) is 11.6. The number of carbonyl (C=O) groups is 1. The first kappa shape index (κ1) is 16.9. The van der Waals surface area contributed by atoms with Crippen molar-refractivity contribution < 1.29 is 14.6 Å². The van der Waals surface area contributed by atoms with Crippen LogP contribution in [-0.4, -0.2) is 39.7 Å². The number of hydrogen-bond donors (Lipinski definition) is 1. The van der Waals surface area contributed by atoms with Gasteiger partial charge in [0, 0.05) is 23.4 Å². The lowest BCUT2D eigenvalue weighted by Crippen LogP contribution is -2.49. The number of carbonyl (C=O) groups excluding carboxylic acids is 1. The smallest absolute Gasteiger partial charge is 0.226 e. The van der Waals surface area contributed by atoms with Gasteiger partial charge in [0.15, 0.2) is 0 Å². The van der Waals surface area contributed by atoms with Gasteiger partial charge in [0.2, 0.25) is 5.91 Å². The SMILES string of the molecule is CC1(C)C[C@@]2(C[C@@H]2C(=O)N2CCC[C@H]2C(C)(C)O)c2ccccc2O1. The Kier molecular flexibility index (Phi) is 3.53. The Balaban J connectivity index is 1.64. The average Bonchev–Trinajstić information content (AvgIpc) is 2.98. The lowest BCUT2D eigenvalue weighted by atomic mass is 9.79. The minimum atomic E-state index is -0.846. The summed E-state index contributed by atoms with van der Waals surface area (Å²) in [6.45, 7) is 8.62. The third-order valence-corrected chi connectivity index (χ3v) is 6.28. The van der Waals surface area contributed by atoms with E-state index in [-0.39, 0.29) is 28.9 Å². The maximum Gasteiger partial charge on any atom is 0.226 e. The van der Waals surface area contributed by atoms with Crippen LogP contribution in [0.25, 0.3) is 0 Å². The highest BCUT2D eigenvalue weighted by molar-refractivity contribution is 5.85. The van der Waals surface area contributed by atoms with Gasteiger partial charge in [-0.15, -0.1) is 0 Å². The summed E-state index contributed by atoms with van der Waals surface area (Å²) in [6.07, 6.45) is 3.63. The van der Waals surface area contributed by atoms with Crippen LogP contribution >= 0.6 is 0 Å². The van der Waals surface area contributed by atoms with E-state index in [0.29, 0.717) is 0 Å². The molecular weight excluding hydrogens is 314 g/mol. The number of rotatable bonds is 2. The van der Waals surface area contributed by atoms with E-state index in [1.54, 1.807) is 0 Å². The third kappa shape index (κ3) is 2.66. The fourth-order valence-corrected chi connectivity index (χ4v) is 5.24. The average molecular weight is 343 g/mol. The Labute approximate surface area is 150 Å². The van der Waals surface area contributed by atoms with Gasteiger partial charge in [-0.3, -0.25) is 4.79 Å². The molecule has 25 heavy (non-hydrogen) atoms. The van der Waals surface area contributed by atoms with Gasteiger partial charge in [-0.1, -0.05) is 18.2 Å². The molecule has 1 aromatic rings. The molecule has 1 aromatic carbocycles. The zero-order chi connectivity index (χ0) is 18.0.